The zero-order chi connectivity index (χ0) is 20.4. The lowest BCUT2D eigenvalue weighted by Gasteiger charge is -2.13. The molecule has 4 rings (SSSR count). The van der Waals surface area contributed by atoms with E-state index in [4.69, 9.17) is 4.74 Å². The Labute approximate surface area is 172 Å². The average molecular weight is 392 g/mol. The summed E-state index contributed by atoms with van der Waals surface area (Å²) < 4.78 is 8.15. The molecule has 0 radical (unpaired) electrons. The summed E-state index contributed by atoms with van der Waals surface area (Å²) in [5.41, 5.74) is 4.36. The lowest BCUT2D eigenvalue weighted by Crippen LogP contribution is -2.34. The third-order valence-corrected chi connectivity index (χ3v) is 5.18. The third-order valence-electron chi connectivity index (χ3n) is 5.18. The molecular weight excluding hydrogens is 362 g/mol. The minimum absolute atomic E-state index is 0.106. The molecule has 5 nitrogen and oxygen atoms in total. The summed E-state index contributed by atoms with van der Waals surface area (Å²) in [6.45, 7) is 7.60. The molecule has 1 heterocycles. The number of nitrogens with zero attached hydrogens (tertiary/aromatic N) is 1. The number of anilines is 1. The van der Waals surface area contributed by atoms with Gasteiger partial charge in [0.1, 0.15) is 5.75 Å². The normalized spacial score (nSPS) is 13.7. The largest absolute Gasteiger partial charge is 0.494 e. The molecule has 0 spiro atoms. The van der Waals surface area contributed by atoms with Crippen LogP contribution in [-0.2, 0) is 6.54 Å². The van der Waals surface area contributed by atoms with Gasteiger partial charge in [0.05, 0.1) is 12.1 Å². The highest BCUT2D eigenvalue weighted by atomic mass is 16.5. The molecule has 0 aliphatic heterocycles. The van der Waals surface area contributed by atoms with Crippen LogP contribution in [0.25, 0.3) is 22.2 Å². The molecule has 2 amide bonds. The van der Waals surface area contributed by atoms with Crippen LogP contribution in [0.4, 0.5) is 10.5 Å². The summed E-state index contributed by atoms with van der Waals surface area (Å²) in [7, 11) is 0. The minimum Gasteiger partial charge on any atom is -0.494 e. The van der Waals surface area contributed by atoms with E-state index in [9.17, 15) is 4.79 Å². The Bertz CT molecular complexity index is 1000. The highest BCUT2D eigenvalue weighted by molar-refractivity contribution is 5.91. The molecule has 1 aliphatic carbocycles. The molecule has 1 aromatic heterocycles. The van der Waals surface area contributed by atoms with Crippen LogP contribution in [0.15, 0.2) is 48.5 Å². The first-order valence-electron chi connectivity index (χ1n) is 10.5. The van der Waals surface area contributed by atoms with Gasteiger partial charge in [-0.05, 0) is 75.4 Å². The first-order chi connectivity index (χ1) is 14.0. The predicted molar refractivity (Wildman–Crippen MR) is 119 cm³/mol. The summed E-state index contributed by atoms with van der Waals surface area (Å²) in [6, 6.07) is 16.6. The maximum Gasteiger partial charge on any atom is 0.319 e. The number of fused-ring (bicyclic) bond motifs is 1. The van der Waals surface area contributed by atoms with Crippen LogP contribution in [-0.4, -0.2) is 23.2 Å². The molecule has 5 heteroatoms. The van der Waals surface area contributed by atoms with Crippen molar-refractivity contribution in [3.63, 3.8) is 0 Å². The van der Waals surface area contributed by atoms with Crippen molar-refractivity contribution in [2.75, 3.05) is 11.9 Å². The first kappa shape index (κ1) is 19.4. The second-order valence-corrected chi connectivity index (χ2v) is 8.07. The fourth-order valence-electron chi connectivity index (χ4n) is 3.64. The van der Waals surface area contributed by atoms with Crippen LogP contribution in [0.5, 0.6) is 5.75 Å². The highest BCUT2D eigenvalue weighted by Gasteiger charge is 2.24. The molecule has 152 valence electrons. The van der Waals surface area contributed by atoms with Gasteiger partial charge in [0, 0.05) is 35.4 Å². The van der Waals surface area contributed by atoms with Crippen molar-refractivity contribution in [1.29, 1.82) is 0 Å². The monoisotopic (exact) mass is 391 g/mol. The first-order valence-corrected chi connectivity index (χ1v) is 10.5. The molecule has 1 aliphatic rings. The van der Waals surface area contributed by atoms with Gasteiger partial charge in [-0.25, -0.2) is 4.79 Å². The number of urea groups is 1. The van der Waals surface area contributed by atoms with Crippen molar-refractivity contribution < 1.29 is 9.53 Å². The Morgan fingerprint density at radius 2 is 1.90 bits per heavy atom. The predicted octanol–water partition coefficient (Wildman–Crippen LogP) is 5.65. The fraction of sp³-hybridized carbons (Fsp3) is 0.375. The van der Waals surface area contributed by atoms with Crippen molar-refractivity contribution in [1.82, 2.24) is 9.88 Å². The van der Waals surface area contributed by atoms with Crippen molar-refractivity contribution in [3.05, 3.63) is 48.5 Å². The number of aromatic nitrogens is 1. The van der Waals surface area contributed by atoms with Gasteiger partial charge in [-0.3, -0.25) is 0 Å². The van der Waals surface area contributed by atoms with Gasteiger partial charge >= 0.3 is 6.03 Å². The maximum atomic E-state index is 11.9. The third kappa shape index (κ3) is 4.56. The molecule has 0 bridgehead atoms. The smallest absolute Gasteiger partial charge is 0.319 e. The van der Waals surface area contributed by atoms with Crippen LogP contribution >= 0.6 is 0 Å². The maximum absolute atomic E-state index is 11.9. The van der Waals surface area contributed by atoms with E-state index < -0.39 is 0 Å². The van der Waals surface area contributed by atoms with Gasteiger partial charge in [0.25, 0.3) is 0 Å². The summed E-state index contributed by atoms with van der Waals surface area (Å²) in [4.78, 5) is 11.9. The molecule has 0 saturated heterocycles. The zero-order valence-corrected chi connectivity index (χ0v) is 17.4. The second kappa shape index (κ2) is 8.19. The minimum atomic E-state index is -0.181. The molecule has 1 saturated carbocycles. The summed E-state index contributed by atoms with van der Waals surface area (Å²) >= 11 is 0. The van der Waals surface area contributed by atoms with Crippen molar-refractivity contribution in [2.45, 2.75) is 46.2 Å². The Kier molecular flexibility index (Phi) is 5.47. The van der Waals surface area contributed by atoms with Crippen LogP contribution in [0, 0.1) is 5.92 Å². The molecular formula is C24H29N3O2. The van der Waals surface area contributed by atoms with Crippen LogP contribution in [0.3, 0.4) is 0 Å². The second-order valence-electron chi connectivity index (χ2n) is 8.07. The van der Waals surface area contributed by atoms with Crippen LogP contribution in [0.1, 0.15) is 33.6 Å². The van der Waals surface area contributed by atoms with E-state index in [1.54, 1.807) is 0 Å². The summed E-state index contributed by atoms with van der Waals surface area (Å²) in [5.74, 6) is 1.68. The van der Waals surface area contributed by atoms with E-state index in [1.165, 1.54) is 29.4 Å². The number of nitrogens with one attached hydrogen (secondary N) is 2. The number of carbonyl (C=O) groups excluding carboxylic acids is 1. The lowest BCUT2D eigenvalue weighted by atomic mass is 10.1. The SMILES string of the molecule is CCOc1ccc2cc(-c3ccc(NC(=O)NC(C)C)cc3)n(CC3CC3)c2c1. The molecule has 0 atom stereocenters. The van der Waals surface area contributed by atoms with Crippen molar-refractivity contribution in [2.24, 2.45) is 5.92 Å². The summed E-state index contributed by atoms with van der Waals surface area (Å²) in [6.07, 6.45) is 2.61. The average Bonchev–Trinajstić information content (AvgIpc) is 3.43. The fourth-order valence-corrected chi connectivity index (χ4v) is 3.64. The number of amides is 2. The van der Waals surface area contributed by atoms with Gasteiger partial charge in [-0.15, -0.1) is 0 Å². The van der Waals surface area contributed by atoms with Gasteiger partial charge in [-0.2, -0.15) is 0 Å². The van der Waals surface area contributed by atoms with E-state index in [0.717, 1.165) is 29.5 Å². The van der Waals surface area contributed by atoms with E-state index in [-0.39, 0.29) is 12.1 Å². The van der Waals surface area contributed by atoms with Gasteiger partial charge in [0.15, 0.2) is 0 Å². The quantitative estimate of drug-likeness (QED) is 0.547. The van der Waals surface area contributed by atoms with Crippen molar-refractivity contribution >= 4 is 22.6 Å². The van der Waals surface area contributed by atoms with Gasteiger partial charge in [0.2, 0.25) is 0 Å². The lowest BCUT2D eigenvalue weighted by molar-refractivity contribution is 0.250. The number of hydrogen-bond acceptors (Lipinski definition) is 2. The number of hydrogen-bond donors (Lipinski definition) is 2. The molecule has 2 aromatic carbocycles. The van der Waals surface area contributed by atoms with Crippen LogP contribution in [0.2, 0.25) is 0 Å². The zero-order valence-electron chi connectivity index (χ0n) is 17.4. The summed E-state index contributed by atoms with van der Waals surface area (Å²) in [5, 5.41) is 6.95. The molecule has 3 aromatic rings. The van der Waals surface area contributed by atoms with Crippen LogP contribution < -0.4 is 15.4 Å². The molecule has 1 fully saturated rings. The Morgan fingerprint density at radius 1 is 1.14 bits per heavy atom. The number of benzene rings is 2. The Balaban J connectivity index is 1.64. The van der Waals surface area contributed by atoms with Crippen molar-refractivity contribution in [3.8, 4) is 17.0 Å². The Morgan fingerprint density at radius 3 is 2.55 bits per heavy atom. The Hall–Kier alpha value is -2.95. The van der Waals surface area contributed by atoms with E-state index >= 15 is 0 Å². The van der Waals surface area contributed by atoms with Gasteiger partial charge < -0.3 is 19.9 Å². The molecule has 0 unspecified atom stereocenters. The van der Waals surface area contributed by atoms with E-state index in [0.29, 0.717) is 6.61 Å². The molecule has 29 heavy (non-hydrogen) atoms. The highest BCUT2D eigenvalue weighted by Crippen LogP contribution is 2.37. The molecule has 2 N–H and O–H groups in total. The number of carbonyl (C=O) groups is 1. The number of rotatable bonds is 7. The van der Waals surface area contributed by atoms with E-state index in [2.05, 4.69) is 45.5 Å². The van der Waals surface area contributed by atoms with E-state index in [1.807, 2.05) is 39.0 Å². The standard InChI is InChI=1S/C24H29N3O2/c1-4-29-21-12-9-19-13-22(27(23(19)14-21)15-17-5-6-17)18-7-10-20(11-8-18)26-24(28)25-16(2)3/h7-14,16-17H,4-6,15H2,1-3H3,(H2,25,26,28). The van der Waals surface area contributed by atoms with Gasteiger partial charge in [-0.1, -0.05) is 12.1 Å². The topological polar surface area (TPSA) is 55.3 Å². The number of ether oxygens (including phenoxy) is 1.